The number of hydrogen-bond donors (Lipinski definition) is 2. The van der Waals surface area contributed by atoms with E-state index in [-0.39, 0.29) is 5.91 Å². The van der Waals surface area contributed by atoms with Gasteiger partial charge >= 0.3 is 0 Å². The van der Waals surface area contributed by atoms with Crippen LogP contribution in [0.5, 0.6) is 0 Å². The molecule has 3 aromatic rings. The zero-order valence-corrected chi connectivity index (χ0v) is 12.0. The Bertz CT molecular complexity index is 723. The van der Waals surface area contributed by atoms with Crippen LogP contribution in [0.3, 0.4) is 0 Å². The van der Waals surface area contributed by atoms with Crippen molar-refractivity contribution in [3.8, 4) is 0 Å². The Morgan fingerprint density at radius 3 is 2.90 bits per heavy atom. The first-order valence-electron chi connectivity index (χ1n) is 7.07. The lowest BCUT2D eigenvalue weighted by Crippen LogP contribution is -2.26. The van der Waals surface area contributed by atoms with Gasteiger partial charge in [0.2, 0.25) is 0 Å². The zero-order valence-electron chi connectivity index (χ0n) is 12.0. The van der Waals surface area contributed by atoms with E-state index in [1.165, 1.54) is 0 Å². The van der Waals surface area contributed by atoms with Gasteiger partial charge in [0.05, 0.1) is 11.0 Å². The number of imidazole rings is 1. The highest BCUT2D eigenvalue weighted by atomic mass is 16.1. The topological polar surface area (TPSA) is 62.7 Å². The molecule has 0 saturated heterocycles. The van der Waals surface area contributed by atoms with Gasteiger partial charge in [-0.05, 0) is 30.7 Å². The van der Waals surface area contributed by atoms with Crippen molar-refractivity contribution in [2.75, 3.05) is 6.54 Å². The van der Waals surface area contributed by atoms with E-state index >= 15 is 0 Å². The molecule has 108 valence electrons. The number of aromatic amines is 1. The number of H-pyrrole nitrogens is 1. The Labute approximate surface area is 123 Å². The first-order chi connectivity index (χ1) is 10.2. The molecular weight excluding hydrogens is 264 g/mol. The van der Waals surface area contributed by atoms with Crippen LogP contribution in [0.1, 0.15) is 22.7 Å². The number of carbonyl (C=O) groups excluding carboxylic acids is 1. The number of aromatic nitrogens is 3. The third-order valence-electron chi connectivity index (χ3n) is 3.49. The third kappa shape index (κ3) is 2.97. The molecule has 5 nitrogen and oxygen atoms in total. The molecule has 21 heavy (non-hydrogen) atoms. The van der Waals surface area contributed by atoms with Crippen molar-refractivity contribution < 1.29 is 4.79 Å². The molecule has 0 aliphatic heterocycles. The Morgan fingerprint density at radius 2 is 2.14 bits per heavy atom. The molecule has 0 aliphatic rings. The average molecular weight is 282 g/mol. The summed E-state index contributed by atoms with van der Waals surface area (Å²) in [6.07, 6.45) is 3.54. The molecule has 5 heteroatoms. The number of para-hydroxylation sites is 2. The maximum absolute atomic E-state index is 11.9. The van der Waals surface area contributed by atoms with Gasteiger partial charge in [0, 0.05) is 26.2 Å². The molecule has 0 atom stereocenters. The van der Waals surface area contributed by atoms with Crippen LogP contribution in [0.2, 0.25) is 0 Å². The number of nitrogens with one attached hydrogen (secondary N) is 2. The summed E-state index contributed by atoms with van der Waals surface area (Å²) in [7, 11) is 1.86. The number of benzene rings is 1. The second-order valence-corrected chi connectivity index (χ2v) is 5.06. The van der Waals surface area contributed by atoms with Crippen LogP contribution in [0.4, 0.5) is 0 Å². The van der Waals surface area contributed by atoms with E-state index in [0.717, 1.165) is 29.7 Å². The molecule has 3 rings (SSSR count). The number of aryl methyl sites for hydroxylation is 2. The summed E-state index contributed by atoms with van der Waals surface area (Å²) in [5.41, 5.74) is 2.72. The number of amides is 1. The van der Waals surface area contributed by atoms with Crippen LogP contribution >= 0.6 is 0 Å². The van der Waals surface area contributed by atoms with Gasteiger partial charge in [-0.2, -0.15) is 0 Å². The lowest BCUT2D eigenvalue weighted by atomic mass is 10.3. The summed E-state index contributed by atoms with van der Waals surface area (Å²) in [6.45, 7) is 0.640. The molecule has 0 saturated carbocycles. The molecule has 1 aromatic carbocycles. The summed E-state index contributed by atoms with van der Waals surface area (Å²) in [4.78, 5) is 19.7. The zero-order chi connectivity index (χ0) is 14.7. The number of nitrogens with zero attached hydrogens (tertiary/aromatic N) is 2. The van der Waals surface area contributed by atoms with Crippen LogP contribution in [0.15, 0.2) is 42.6 Å². The van der Waals surface area contributed by atoms with Crippen molar-refractivity contribution in [1.29, 1.82) is 0 Å². The monoisotopic (exact) mass is 282 g/mol. The second kappa shape index (κ2) is 5.83. The number of fused-ring (bicyclic) bond motifs is 1. The van der Waals surface area contributed by atoms with Gasteiger partial charge in [0.1, 0.15) is 11.5 Å². The maximum atomic E-state index is 11.9. The van der Waals surface area contributed by atoms with Gasteiger partial charge in [0.15, 0.2) is 0 Å². The standard InChI is InChI=1S/C16H18N4O/c1-20-11-5-8-14(20)16(21)17-10-4-9-15-18-12-6-2-3-7-13(12)19-15/h2-3,5-8,11H,4,9-10H2,1H3,(H,17,21)(H,18,19). The summed E-state index contributed by atoms with van der Waals surface area (Å²) in [6, 6.07) is 11.7. The minimum absolute atomic E-state index is 0.0351. The van der Waals surface area contributed by atoms with Gasteiger partial charge in [0.25, 0.3) is 5.91 Å². The Balaban J connectivity index is 1.50. The Morgan fingerprint density at radius 1 is 1.29 bits per heavy atom. The average Bonchev–Trinajstić information content (AvgIpc) is 3.08. The van der Waals surface area contributed by atoms with E-state index in [1.54, 1.807) is 0 Å². The molecule has 0 spiro atoms. The van der Waals surface area contributed by atoms with E-state index in [1.807, 2.05) is 54.2 Å². The first kappa shape index (κ1) is 13.4. The van der Waals surface area contributed by atoms with E-state index in [0.29, 0.717) is 12.2 Å². The fraction of sp³-hybridized carbons (Fsp3) is 0.250. The van der Waals surface area contributed by atoms with Crippen LogP contribution in [-0.2, 0) is 13.5 Å². The van der Waals surface area contributed by atoms with Crippen molar-refractivity contribution in [2.24, 2.45) is 7.05 Å². The maximum Gasteiger partial charge on any atom is 0.267 e. The highest BCUT2D eigenvalue weighted by Crippen LogP contribution is 2.11. The van der Waals surface area contributed by atoms with Crippen molar-refractivity contribution >= 4 is 16.9 Å². The molecule has 0 radical (unpaired) electrons. The van der Waals surface area contributed by atoms with Crippen molar-refractivity contribution in [2.45, 2.75) is 12.8 Å². The molecule has 2 N–H and O–H groups in total. The van der Waals surface area contributed by atoms with Gasteiger partial charge in [-0.15, -0.1) is 0 Å². The lowest BCUT2D eigenvalue weighted by molar-refractivity contribution is 0.0945. The van der Waals surface area contributed by atoms with Gasteiger partial charge in [-0.1, -0.05) is 12.1 Å². The van der Waals surface area contributed by atoms with E-state index in [9.17, 15) is 4.79 Å². The van der Waals surface area contributed by atoms with Crippen molar-refractivity contribution in [3.63, 3.8) is 0 Å². The molecule has 1 amide bonds. The fourth-order valence-electron chi connectivity index (χ4n) is 2.37. The molecular formula is C16H18N4O. The van der Waals surface area contributed by atoms with Crippen LogP contribution in [0, 0.1) is 0 Å². The third-order valence-corrected chi connectivity index (χ3v) is 3.49. The number of hydrogen-bond acceptors (Lipinski definition) is 2. The first-order valence-corrected chi connectivity index (χ1v) is 7.07. The normalized spacial score (nSPS) is 10.9. The smallest absolute Gasteiger partial charge is 0.267 e. The molecule has 0 unspecified atom stereocenters. The highest BCUT2D eigenvalue weighted by Gasteiger charge is 2.08. The summed E-state index contributed by atoms with van der Waals surface area (Å²) in [5, 5.41) is 2.93. The Kier molecular flexibility index (Phi) is 3.73. The highest BCUT2D eigenvalue weighted by molar-refractivity contribution is 5.92. The second-order valence-electron chi connectivity index (χ2n) is 5.06. The summed E-state index contributed by atoms with van der Waals surface area (Å²) >= 11 is 0. The largest absolute Gasteiger partial charge is 0.351 e. The van der Waals surface area contributed by atoms with Crippen molar-refractivity contribution in [3.05, 3.63) is 54.1 Å². The minimum Gasteiger partial charge on any atom is -0.351 e. The van der Waals surface area contributed by atoms with Gasteiger partial charge in [-0.25, -0.2) is 4.98 Å². The van der Waals surface area contributed by atoms with E-state index < -0.39 is 0 Å². The summed E-state index contributed by atoms with van der Waals surface area (Å²) < 4.78 is 1.81. The van der Waals surface area contributed by atoms with E-state index in [2.05, 4.69) is 15.3 Å². The molecule has 0 fully saturated rings. The minimum atomic E-state index is -0.0351. The van der Waals surface area contributed by atoms with Crippen molar-refractivity contribution in [1.82, 2.24) is 19.9 Å². The molecule has 2 aromatic heterocycles. The predicted octanol–water partition coefficient (Wildman–Crippen LogP) is 2.26. The summed E-state index contributed by atoms with van der Waals surface area (Å²) in [5.74, 6) is 0.927. The SMILES string of the molecule is Cn1cccc1C(=O)NCCCc1nc2ccccc2[nH]1. The van der Waals surface area contributed by atoms with Crippen LogP contribution in [-0.4, -0.2) is 27.0 Å². The van der Waals surface area contributed by atoms with E-state index in [4.69, 9.17) is 0 Å². The van der Waals surface area contributed by atoms with Gasteiger partial charge < -0.3 is 14.9 Å². The molecule has 0 bridgehead atoms. The quantitative estimate of drug-likeness (QED) is 0.705. The Hall–Kier alpha value is -2.56. The predicted molar refractivity (Wildman–Crippen MR) is 82.2 cm³/mol. The molecule has 0 aliphatic carbocycles. The number of carbonyl (C=O) groups is 1. The van der Waals surface area contributed by atoms with Gasteiger partial charge in [-0.3, -0.25) is 4.79 Å². The fourth-order valence-corrected chi connectivity index (χ4v) is 2.37. The number of rotatable bonds is 5. The molecule has 2 heterocycles. The lowest BCUT2D eigenvalue weighted by Gasteiger charge is -2.05. The van der Waals surface area contributed by atoms with Crippen LogP contribution in [0.25, 0.3) is 11.0 Å². The van der Waals surface area contributed by atoms with Crippen LogP contribution < -0.4 is 5.32 Å².